The van der Waals surface area contributed by atoms with Gasteiger partial charge in [0.2, 0.25) is 0 Å². The van der Waals surface area contributed by atoms with Gasteiger partial charge in [0.05, 0.1) is 17.2 Å². The van der Waals surface area contributed by atoms with Crippen molar-refractivity contribution in [2.24, 2.45) is 0 Å². The lowest BCUT2D eigenvalue weighted by Gasteiger charge is -2.14. The average Bonchev–Trinajstić information content (AvgIpc) is 2.44. The second kappa shape index (κ2) is 8.21. The number of halogens is 2. The third-order valence-electron chi connectivity index (χ3n) is 2.45. The highest BCUT2D eigenvalue weighted by molar-refractivity contribution is 6.42. The quantitative estimate of drug-likeness (QED) is 0.399. The Morgan fingerprint density at radius 2 is 1.82 bits per heavy atom. The van der Waals surface area contributed by atoms with Crippen molar-refractivity contribution in [2.75, 3.05) is 5.32 Å². The van der Waals surface area contributed by atoms with Crippen LogP contribution in [0.3, 0.4) is 0 Å². The summed E-state index contributed by atoms with van der Waals surface area (Å²) >= 11 is 11.6. The van der Waals surface area contributed by atoms with E-state index in [-0.39, 0.29) is 22.2 Å². The Morgan fingerprint density at radius 3 is 2.36 bits per heavy atom. The number of benzene rings is 1. The Balaban J connectivity index is 3.25. The first-order chi connectivity index (χ1) is 10.3. The topological polar surface area (TPSA) is 104 Å². The average molecular weight is 344 g/mol. The van der Waals surface area contributed by atoms with Crippen LogP contribution in [0, 0.1) is 0 Å². The third kappa shape index (κ3) is 5.23. The van der Waals surface area contributed by atoms with E-state index in [0.717, 1.165) is 0 Å². The third-order valence-corrected chi connectivity index (χ3v) is 3.03. The van der Waals surface area contributed by atoms with Crippen molar-refractivity contribution < 1.29 is 24.6 Å². The summed E-state index contributed by atoms with van der Waals surface area (Å²) < 4.78 is 0. The molecule has 1 rings (SSSR count). The molecule has 0 unspecified atom stereocenters. The molecule has 0 heterocycles. The number of carbonyl (C=O) groups excluding carboxylic acids is 1. The van der Waals surface area contributed by atoms with Gasteiger partial charge in [-0.25, -0.2) is 4.79 Å². The van der Waals surface area contributed by atoms with Crippen LogP contribution in [0.25, 0.3) is 0 Å². The van der Waals surface area contributed by atoms with E-state index >= 15 is 0 Å². The Kier molecular flexibility index (Phi) is 6.62. The number of nitrogens with one attached hydrogen (secondary N) is 1. The summed E-state index contributed by atoms with van der Waals surface area (Å²) in [5, 5.41) is 19.6. The Bertz CT molecular complexity index is 667. The van der Waals surface area contributed by atoms with E-state index < -0.39 is 11.9 Å². The minimum absolute atomic E-state index is 0.126. The number of anilines is 1. The Morgan fingerprint density at radius 1 is 1.18 bits per heavy atom. The zero-order valence-electron chi connectivity index (χ0n) is 11.0. The van der Waals surface area contributed by atoms with Crippen LogP contribution in [0.15, 0.2) is 46.1 Å². The van der Waals surface area contributed by atoms with Crippen LogP contribution >= 0.6 is 23.2 Å². The summed E-state index contributed by atoms with van der Waals surface area (Å²) in [5.74, 6) is -2.37. The van der Waals surface area contributed by atoms with Gasteiger partial charge >= 0.3 is 11.9 Å². The molecule has 1 aromatic carbocycles. The molecule has 1 aromatic rings. The second-order valence-corrected chi connectivity index (χ2v) is 4.84. The number of hydrogen-bond acceptors (Lipinski definition) is 4. The lowest BCUT2D eigenvalue weighted by Crippen LogP contribution is -2.09. The standard InChI is InChI=1S/C14H11Cl2NO5/c15-9(6-13(21)22)14(10(16)7-18)17-11-4-2-1-3-8(11)5-12(19)20/h1-4,6-7,17H,5H2,(H,19,20)(H,21,22)/b9-6+,14-10-. The van der Waals surface area contributed by atoms with E-state index in [9.17, 15) is 14.4 Å². The van der Waals surface area contributed by atoms with Gasteiger partial charge in [0.25, 0.3) is 0 Å². The van der Waals surface area contributed by atoms with E-state index in [0.29, 0.717) is 23.6 Å². The summed E-state index contributed by atoms with van der Waals surface area (Å²) in [7, 11) is 0. The van der Waals surface area contributed by atoms with Crippen molar-refractivity contribution in [2.45, 2.75) is 6.42 Å². The van der Waals surface area contributed by atoms with Crippen LogP contribution in [0.5, 0.6) is 0 Å². The molecule has 0 aliphatic rings. The van der Waals surface area contributed by atoms with Gasteiger partial charge in [-0.15, -0.1) is 0 Å². The highest BCUT2D eigenvalue weighted by atomic mass is 35.5. The zero-order valence-corrected chi connectivity index (χ0v) is 12.6. The van der Waals surface area contributed by atoms with Gasteiger partial charge in [-0.2, -0.15) is 0 Å². The molecule has 0 saturated carbocycles. The molecule has 0 radical (unpaired) electrons. The van der Waals surface area contributed by atoms with Gasteiger partial charge in [-0.05, 0) is 11.6 Å². The SMILES string of the molecule is O=C/C(Cl)=C(Nc1ccccc1CC(=O)O)\C(Cl)=C/C(=O)O. The first-order valence-electron chi connectivity index (χ1n) is 5.87. The van der Waals surface area contributed by atoms with Crippen molar-refractivity contribution >= 4 is 47.1 Å². The Labute approximate surface area is 135 Å². The molecule has 0 amide bonds. The van der Waals surface area contributed by atoms with Gasteiger partial charge in [-0.3, -0.25) is 9.59 Å². The fourth-order valence-electron chi connectivity index (χ4n) is 1.57. The van der Waals surface area contributed by atoms with Crippen molar-refractivity contribution in [1.82, 2.24) is 0 Å². The van der Waals surface area contributed by atoms with Crippen LogP contribution in [-0.2, 0) is 20.8 Å². The molecule has 116 valence electrons. The fourth-order valence-corrected chi connectivity index (χ4v) is 2.01. The monoisotopic (exact) mass is 343 g/mol. The number of para-hydroxylation sites is 1. The molecule has 3 N–H and O–H groups in total. The fraction of sp³-hybridized carbons (Fsp3) is 0.0714. The molecule has 0 saturated heterocycles. The largest absolute Gasteiger partial charge is 0.481 e. The molecule has 8 heteroatoms. The lowest BCUT2D eigenvalue weighted by molar-refractivity contribution is -0.136. The summed E-state index contributed by atoms with van der Waals surface area (Å²) in [6, 6.07) is 6.40. The van der Waals surface area contributed by atoms with Crippen molar-refractivity contribution in [3.05, 3.63) is 51.7 Å². The van der Waals surface area contributed by atoms with Gasteiger partial charge in [-0.1, -0.05) is 41.4 Å². The van der Waals surface area contributed by atoms with Crippen molar-refractivity contribution in [1.29, 1.82) is 0 Å². The first-order valence-corrected chi connectivity index (χ1v) is 6.63. The van der Waals surface area contributed by atoms with Gasteiger partial charge in [0.15, 0.2) is 6.29 Å². The summed E-state index contributed by atoms with van der Waals surface area (Å²) in [5.41, 5.74) is 0.637. The number of carboxylic acid groups (broad SMARTS) is 2. The molecule has 6 nitrogen and oxygen atoms in total. The highest BCUT2D eigenvalue weighted by Crippen LogP contribution is 2.25. The molecule has 0 atom stereocenters. The maximum Gasteiger partial charge on any atom is 0.329 e. The summed E-state index contributed by atoms with van der Waals surface area (Å²) in [4.78, 5) is 32.3. The molecule has 0 aliphatic heterocycles. The number of allylic oxidation sites excluding steroid dienone is 2. The van der Waals surface area contributed by atoms with Crippen LogP contribution < -0.4 is 5.32 Å². The second-order valence-electron chi connectivity index (χ2n) is 4.02. The number of carboxylic acids is 2. The number of rotatable bonds is 7. The van der Waals surface area contributed by atoms with Gasteiger partial charge in [0, 0.05) is 11.8 Å². The number of hydrogen-bond donors (Lipinski definition) is 3. The number of aliphatic carboxylic acids is 2. The molecule has 22 heavy (non-hydrogen) atoms. The van der Waals surface area contributed by atoms with Crippen molar-refractivity contribution in [3.8, 4) is 0 Å². The van der Waals surface area contributed by atoms with Crippen LogP contribution in [0.2, 0.25) is 0 Å². The normalized spacial score (nSPS) is 12.4. The minimum atomic E-state index is -1.32. The van der Waals surface area contributed by atoms with E-state index in [4.69, 9.17) is 33.4 Å². The predicted octanol–water partition coefficient (Wildman–Crippen LogP) is 2.58. The van der Waals surface area contributed by atoms with Gasteiger partial charge in [0.1, 0.15) is 5.03 Å². The van der Waals surface area contributed by atoms with Gasteiger partial charge < -0.3 is 15.5 Å². The zero-order chi connectivity index (χ0) is 16.7. The van der Waals surface area contributed by atoms with Crippen molar-refractivity contribution in [3.63, 3.8) is 0 Å². The Hall–Kier alpha value is -2.31. The minimum Gasteiger partial charge on any atom is -0.481 e. The molecule has 0 spiro atoms. The van der Waals surface area contributed by atoms with E-state index in [2.05, 4.69) is 5.32 Å². The van der Waals surface area contributed by atoms with Crippen LogP contribution in [0.4, 0.5) is 5.69 Å². The van der Waals surface area contributed by atoms with Crippen LogP contribution in [-0.4, -0.2) is 28.4 Å². The predicted molar refractivity (Wildman–Crippen MR) is 81.9 cm³/mol. The molecule has 0 fully saturated rings. The lowest BCUT2D eigenvalue weighted by atomic mass is 10.1. The maximum atomic E-state index is 10.8. The highest BCUT2D eigenvalue weighted by Gasteiger charge is 2.13. The van der Waals surface area contributed by atoms with E-state index in [1.165, 1.54) is 0 Å². The molecule has 0 aliphatic carbocycles. The molecular weight excluding hydrogens is 333 g/mol. The van der Waals surface area contributed by atoms with E-state index in [1.54, 1.807) is 24.3 Å². The van der Waals surface area contributed by atoms with E-state index in [1.807, 2.05) is 0 Å². The molecule has 0 bridgehead atoms. The maximum absolute atomic E-state index is 10.8. The summed E-state index contributed by atoms with van der Waals surface area (Å²) in [6.07, 6.45) is 0.687. The summed E-state index contributed by atoms with van der Waals surface area (Å²) in [6.45, 7) is 0. The number of aldehydes is 1. The first kappa shape index (κ1) is 17.7. The van der Waals surface area contributed by atoms with Crippen LogP contribution in [0.1, 0.15) is 5.56 Å². The molecular formula is C14H11Cl2NO5. The molecule has 0 aromatic heterocycles. The smallest absolute Gasteiger partial charge is 0.329 e. The number of carbonyl (C=O) groups is 3.